The van der Waals surface area contributed by atoms with Crippen molar-refractivity contribution in [3.63, 3.8) is 0 Å². The molecule has 0 aromatic rings. The van der Waals surface area contributed by atoms with E-state index in [1.165, 1.54) is 25.7 Å². The van der Waals surface area contributed by atoms with Crippen molar-refractivity contribution in [1.29, 1.82) is 0 Å². The summed E-state index contributed by atoms with van der Waals surface area (Å²) in [7, 11) is 0. The van der Waals surface area contributed by atoms with E-state index in [1.54, 1.807) is 0 Å². The van der Waals surface area contributed by atoms with Crippen LogP contribution < -0.4 is 0 Å². The first kappa shape index (κ1) is 11.7. The van der Waals surface area contributed by atoms with Gasteiger partial charge in [0, 0.05) is 0 Å². The molecule has 0 unspecified atom stereocenters. The third-order valence-corrected chi connectivity index (χ3v) is 2.99. The van der Waals surface area contributed by atoms with E-state index in [2.05, 4.69) is 40.3 Å². The van der Waals surface area contributed by atoms with Crippen LogP contribution in [0.2, 0.25) is 0 Å². The van der Waals surface area contributed by atoms with E-state index in [1.807, 2.05) is 0 Å². The largest absolute Gasteiger partial charge is 0.103 e. The maximum absolute atomic E-state index is 3.99. The molecule has 0 amide bonds. The molecule has 72 valence electrons. The van der Waals surface area contributed by atoms with Crippen LogP contribution in [0, 0.1) is 11.3 Å². The minimum absolute atomic E-state index is 0.406. The summed E-state index contributed by atoms with van der Waals surface area (Å²) in [5.41, 5.74) is 0.406. The van der Waals surface area contributed by atoms with Crippen LogP contribution in [0.15, 0.2) is 12.7 Å². The number of hydrogen-bond acceptors (Lipinski definition) is 0. The molecule has 0 nitrogen and oxygen atoms in total. The van der Waals surface area contributed by atoms with Gasteiger partial charge in [0.1, 0.15) is 0 Å². The predicted octanol–water partition coefficient (Wildman–Crippen LogP) is 4.42. The van der Waals surface area contributed by atoms with E-state index in [4.69, 9.17) is 0 Å². The fourth-order valence-corrected chi connectivity index (χ4v) is 2.07. The molecule has 0 atom stereocenters. The molecule has 0 spiro atoms. The van der Waals surface area contributed by atoms with Gasteiger partial charge in [-0.3, -0.25) is 0 Å². The van der Waals surface area contributed by atoms with Gasteiger partial charge >= 0.3 is 0 Å². The topological polar surface area (TPSA) is 0 Å². The Kier molecular flexibility index (Phi) is 5.28. The standard InChI is InChI=1S/C12H24/c1-6-9-12(8-3,10-7-2)11(4)5/h8,11H,3,6-7,9-10H2,1-2,4-5H3. The first-order valence-electron chi connectivity index (χ1n) is 5.26. The lowest BCUT2D eigenvalue weighted by Gasteiger charge is -2.34. The first-order chi connectivity index (χ1) is 5.63. The Bertz CT molecular complexity index is 116. The third-order valence-electron chi connectivity index (χ3n) is 2.99. The fourth-order valence-electron chi connectivity index (χ4n) is 2.07. The summed E-state index contributed by atoms with van der Waals surface area (Å²) in [6, 6.07) is 0. The second-order valence-corrected chi connectivity index (χ2v) is 4.09. The lowest BCUT2D eigenvalue weighted by molar-refractivity contribution is 0.221. The minimum Gasteiger partial charge on any atom is -0.103 e. The van der Waals surface area contributed by atoms with Gasteiger partial charge in [0.25, 0.3) is 0 Å². The predicted molar refractivity (Wildman–Crippen MR) is 57.3 cm³/mol. The van der Waals surface area contributed by atoms with Gasteiger partial charge in [0.2, 0.25) is 0 Å². The van der Waals surface area contributed by atoms with Crippen molar-refractivity contribution in [2.45, 2.75) is 53.4 Å². The van der Waals surface area contributed by atoms with E-state index in [-0.39, 0.29) is 0 Å². The average molecular weight is 168 g/mol. The zero-order valence-electron chi connectivity index (χ0n) is 9.19. The van der Waals surface area contributed by atoms with Crippen LogP contribution in [-0.4, -0.2) is 0 Å². The Morgan fingerprint density at radius 3 is 1.75 bits per heavy atom. The van der Waals surface area contributed by atoms with Crippen molar-refractivity contribution in [2.24, 2.45) is 11.3 Å². The molecular formula is C12H24. The van der Waals surface area contributed by atoms with Crippen molar-refractivity contribution < 1.29 is 0 Å². The molecule has 0 aliphatic carbocycles. The van der Waals surface area contributed by atoms with Crippen LogP contribution in [0.4, 0.5) is 0 Å². The molecule has 0 heteroatoms. The molecule has 0 aromatic carbocycles. The Labute approximate surface area is 78.1 Å². The smallest absolute Gasteiger partial charge is 0.00981 e. The van der Waals surface area contributed by atoms with E-state index >= 15 is 0 Å². The number of allylic oxidation sites excluding steroid dienone is 1. The quantitative estimate of drug-likeness (QED) is 0.515. The van der Waals surface area contributed by atoms with Crippen LogP contribution in [0.1, 0.15) is 53.4 Å². The van der Waals surface area contributed by atoms with Crippen molar-refractivity contribution in [3.05, 3.63) is 12.7 Å². The highest BCUT2D eigenvalue weighted by atomic mass is 14.3. The maximum Gasteiger partial charge on any atom is -0.00981 e. The molecule has 0 rings (SSSR count). The average Bonchev–Trinajstić information content (AvgIpc) is 2.03. The van der Waals surface area contributed by atoms with Gasteiger partial charge in [-0.15, -0.1) is 6.58 Å². The lowest BCUT2D eigenvalue weighted by Crippen LogP contribution is -2.24. The van der Waals surface area contributed by atoms with Gasteiger partial charge in [-0.1, -0.05) is 46.6 Å². The Morgan fingerprint density at radius 1 is 1.17 bits per heavy atom. The van der Waals surface area contributed by atoms with E-state index in [0.29, 0.717) is 5.41 Å². The highest BCUT2D eigenvalue weighted by Crippen LogP contribution is 2.38. The molecule has 0 saturated carbocycles. The summed E-state index contributed by atoms with van der Waals surface area (Å²) in [6.07, 6.45) is 7.31. The zero-order valence-corrected chi connectivity index (χ0v) is 9.19. The molecule has 0 heterocycles. The van der Waals surface area contributed by atoms with Gasteiger partial charge < -0.3 is 0 Å². The second-order valence-electron chi connectivity index (χ2n) is 4.09. The van der Waals surface area contributed by atoms with Crippen LogP contribution in [0.3, 0.4) is 0 Å². The van der Waals surface area contributed by atoms with Crippen molar-refractivity contribution >= 4 is 0 Å². The number of hydrogen-bond donors (Lipinski definition) is 0. The zero-order chi connectivity index (χ0) is 9.61. The van der Waals surface area contributed by atoms with Crippen LogP contribution in [0.25, 0.3) is 0 Å². The van der Waals surface area contributed by atoms with Gasteiger partial charge in [-0.2, -0.15) is 0 Å². The molecule has 0 bridgehead atoms. The Hall–Kier alpha value is -0.260. The van der Waals surface area contributed by atoms with Gasteiger partial charge in [0.15, 0.2) is 0 Å². The van der Waals surface area contributed by atoms with Gasteiger partial charge in [-0.05, 0) is 24.2 Å². The minimum atomic E-state index is 0.406. The van der Waals surface area contributed by atoms with Crippen LogP contribution in [0.5, 0.6) is 0 Å². The molecule has 0 fully saturated rings. The van der Waals surface area contributed by atoms with Gasteiger partial charge in [0.05, 0.1) is 0 Å². The van der Waals surface area contributed by atoms with E-state index in [0.717, 1.165) is 5.92 Å². The van der Waals surface area contributed by atoms with Crippen molar-refractivity contribution in [3.8, 4) is 0 Å². The fraction of sp³-hybridized carbons (Fsp3) is 0.833. The summed E-state index contributed by atoms with van der Waals surface area (Å²) < 4.78 is 0. The summed E-state index contributed by atoms with van der Waals surface area (Å²) in [4.78, 5) is 0. The third kappa shape index (κ3) is 2.66. The van der Waals surface area contributed by atoms with Crippen LogP contribution >= 0.6 is 0 Å². The molecule has 0 aromatic heterocycles. The molecule has 0 saturated heterocycles. The van der Waals surface area contributed by atoms with E-state index < -0.39 is 0 Å². The van der Waals surface area contributed by atoms with Crippen molar-refractivity contribution in [1.82, 2.24) is 0 Å². The molecule has 0 aliphatic heterocycles. The summed E-state index contributed by atoms with van der Waals surface area (Å²) in [5, 5.41) is 0. The molecule has 0 radical (unpaired) electrons. The lowest BCUT2D eigenvalue weighted by atomic mass is 9.71. The van der Waals surface area contributed by atoms with E-state index in [9.17, 15) is 0 Å². The second kappa shape index (κ2) is 5.40. The first-order valence-corrected chi connectivity index (χ1v) is 5.26. The summed E-state index contributed by atoms with van der Waals surface area (Å²) >= 11 is 0. The Morgan fingerprint density at radius 2 is 1.58 bits per heavy atom. The SMILES string of the molecule is C=CC(CCC)(CCC)C(C)C. The van der Waals surface area contributed by atoms with Crippen molar-refractivity contribution in [2.75, 3.05) is 0 Å². The van der Waals surface area contributed by atoms with Gasteiger partial charge in [-0.25, -0.2) is 0 Å². The monoisotopic (exact) mass is 168 g/mol. The van der Waals surface area contributed by atoms with Crippen LogP contribution in [-0.2, 0) is 0 Å². The summed E-state index contributed by atoms with van der Waals surface area (Å²) in [6.45, 7) is 13.1. The highest BCUT2D eigenvalue weighted by molar-refractivity contribution is 4.96. The molecular weight excluding hydrogens is 144 g/mol. The molecule has 0 aliphatic rings. The summed E-state index contributed by atoms with van der Waals surface area (Å²) in [5.74, 6) is 0.731. The molecule has 0 N–H and O–H groups in total. The normalized spacial score (nSPS) is 12.1. The highest BCUT2D eigenvalue weighted by Gasteiger charge is 2.27. The maximum atomic E-state index is 3.99. The number of rotatable bonds is 6. The Balaban J connectivity index is 4.38. The molecule has 12 heavy (non-hydrogen) atoms.